The molecule has 1 aromatic rings. The van der Waals surface area contributed by atoms with Crippen molar-refractivity contribution in [3.05, 3.63) is 11.6 Å². The number of rotatable bonds is 3. The van der Waals surface area contributed by atoms with Crippen LogP contribution in [0.3, 0.4) is 0 Å². The number of nitrogens with zero attached hydrogens (tertiary/aromatic N) is 2. The molecule has 0 aromatic carbocycles. The van der Waals surface area contributed by atoms with E-state index in [1.165, 1.54) is 0 Å². The van der Waals surface area contributed by atoms with E-state index in [0.717, 1.165) is 0 Å². The summed E-state index contributed by atoms with van der Waals surface area (Å²) in [7, 11) is 0. The lowest BCUT2D eigenvalue weighted by atomic mass is 10.0. The topological polar surface area (TPSA) is 70.7 Å². The number of nitrogens with one attached hydrogen (secondary N) is 2. The van der Waals surface area contributed by atoms with Gasteiger partial charge in [0, 0.05) is 6.54 Å². The zero-order valence-corrected chi connectivity index (χ0v) is 11.1. The average molecular weight is 236 g/mol. The van der Waals surface area contributed by atoms with E-state index in [-0.39, 0.29) is 22.6 Å². The molecule has 0 atom stereocenters. The van der Waals surface area contributed by atoms with Gasteiger partial charge in [-0.15, -0.1) is 5.10 Å². The van der Waals surface area contributed by atoms with Crippen molar-refractivity contribution in [2.45, 2.75) is 34.6 Å². The zero-order chi connectivity index (χ0) is 12.8. The van der Waals surface area contributed by atoms with Gasteiger partial charge in [0.25, 0.3) is 5.91 Å². The van der Waals surface area contributed by atoms with Gasteiger partial charge < -0.3 is 5.32 Å². The summed E-state index contributed by atoms with van der Waals surface area (Å²) in [6, 6.07) is 0. The predicted octanol–water partition coefficient (Wildman–Crippen LogP) is 1.53. The van der Waals surface area contributed by atoms with Crippen molar-refractivity contribution in [3.8, 4) is 0 Å². The highest BCUT2D eigenvalue weighted by Gasteiger charge is 2.64. The van der Waals surface area contributed by atoms with Crippen LogP contribution in [-0.4, -0.2) is 27.6 Å². The number of H-pyrrole nitrogens is 1. The summed E-state index contributed by atoms with van der Waals surface area (Å²) >= 11 is 0. The molecule has 1 aromatic heterocycles. The molecule has 94 valence electrons. The first-order valence-corrected chi connectivity index (χ1v) is 5.94. The third kappa shape index (κ3) is 1.83. The third-order valence-electron chi connectivity index (χ3n) is 4.59. The molecular formula is C12H20N4O. The van der Waals surface area contributed by atoms with Gasteiger partial charge in [-0.2, -0.15) is 0 Å². The molecule has 2 rings (SSSR count). The highest BCUT2D eigenvalue weighted by molar-refractivity contribution is 5.90. The molecule has 0 spiro atoms. The van der Waals surface area contributed by atoms with Crippen molar-refractivity contribution in [2.75, 3.05) is 6.54 Å². The van der Waals surface area contributed by atoms with Crippen LogP contribution in [0.4, 0.5) is 0 Å². The minimum atomic E-state index is -0.201. The fraction of sp³-hybridized carbons (Fsp3) is 0.750. The molecule has 5 heteroatoms. The van der Waals surface area contributed by atoms with Crippen LogP contribution in [0.2, 0.25) is 0 Å². The minimum absolute atomic E-state index is 0.201. The molecule has 2 N–H and O–H groups in total. The van der Waals surface area contributed by atoms with Crippen molar-refractivity contribution < 1.29 is 4.79 Å². The Labute approximate surface area is 101 Å². The van der Waals surface area contributed by atoms with Gasteiger partial charge in [-0.1, -0.05) is 27.7 Å². The van der Waals surface area contributed by atoms with Crippen molar-refractivity contribution in [1.29, 1.82) is 0 Å². The van der Waals surface area contributed by atoms with Crippen LogP contribution >= 0.6 is 0 Å². The van der Waals surface area contributed by atoms with Crippen LogP contribution in [0.1, 0.15) is 44.1 Å². The van der Waals surface area contributed by atoms with E-state index < -0.39 is 0 Å². The Kier molecular flexibility index (Phi) is 2.52. The summed E-state index contributed by atoms with van der Waals surface area (Å²) < 4.78 is 0. The van der Waals surface area contributed by atoms with Gasteiger partial charge in [0.1, 0.15) is 5.82 Å². The van der Waals surface area contributed by atoms with Gasteiger partial charge in [-0.25, -0.2) is 4.98 Å². The maximum Gasteiger partial charge on any atom is 0.290 e. The maximum atomic E-state index is 11.8. The molecule has 1 amide bonds. The first-order valence-electron chi connectivity index (χ1n) is 5.94. The Bertz CT molecular complexity index is 433. The number of aromatic nitrogens is 3. The summed E-state index contributed by atoms with van der Waals surface area (Å²) in [5.74, 6) is 1.19. The van der Waals surface area contributed by atoms with Gasteiger partial charge in [0.2, 0.25) is 5.82 Å². The molecule has 1 heterocycles. The summed E-state index contributed by atoms with van der Waals surface area (Å²) in [4.78, 5) is 15.8. The number of amides is 1. The smallest absolute Gasteiger partial charge is 0.290 e. The lowest BCUT2D eigenvalue weighted by molar-refractivity contribution is 0.0940. The molecule has 0 bridgehead atoms. The normalized spacial score (nSPS) is 21.2. The highest BCUT2D eigenvalue weighted by atomic mass is 16.2. The van der Waals surface area contributed by atoms with Crippen LogP contribution in [0, 0.1) is 23.7 Å². The predicted molar refractivity (Wildman–Crippen MR) is 64.5 cm³/mol. The minimum Gasteiger partial charge on any atom is -0.349 e. The van der Waals surface area contributed by atoms with Crippen LogP contribution in [-0.2, 0) is 0 Å². The number of hydrogen-bond acceptors (Lipinski definition) is 3. The monoisotopic (exact) mass is 236 g/mol. The fourth-order valence-electron chi connectivity index (χ4n) is 2.56. The van der Waals surface area contributed by atoms with Gasteiger partial charge in [0.15, 0.2) is 0 Å². The molecular weight excluding hydrogens is 216 g/mol. The molecule has 0 radical (unpaired) electrons. The standard InChI is InChI=1S/C12H20N4O/c1-7-14-9(16-15-7)10(17)13-6-8-11(2,3)12(8,4)5/h8H,6H2,1-5H3,(H,13,17)(H,14,15,16). The van der Waals surface area contributed by atoms with Crippen LogP contribution in [0.15, 0.2) is 0 Å². The summed E-state index contributed by atoms with van der Waals surface area (Å²) in [6.07, 6.45) is 0. The molecule has 5 nitrogen and oxygen atoms in total. The Morgan fingerprint density at radius 3 is 2.35 bits per heavy atom. The molecule has 17 heavy (non-hydrogen) atoms. The van der Waals surface area contributed by atoms with Crippen molar-refractivity contribution in [2.24, 2.45) is 16.7 Å². The van der Waals surface area contributed by atoms with Crippen molar-refractivity contribution in [1.82, 2.24) is 20.5 Å². The summed E-state index contributed by atoms with van der Waals surface area (Å²) in [5.41, 5.74) is 0.574. The van der Waals surface area contributed by atoms with Gasteiger partial charge in [-0.05, 0) is 23.7 Å². The summed E-state index contributed by atoms with van der Waals surface area (Å²) in [6.45, 7) is 11.4. The SMILES string of the molecule is Cc1nc(C(=O)NCC2C(C)(C)C2(C)C)n[nH]1. The number of hydrogen-bond donors (Lipinski definition) is 2. The first-order chi connectivity index (χ1) is 7.76. The van der Waals surface area contributed by atoms with E-state index in [1.807, 2.05) is 0 Å². The molecule has 1 aliphatic carbocycles. The fourth-order valence-corrected chi connectivity index (χ4v) is 2.56. The quantitative estimate of drug-likeness (QED) is 0.836. The van der Waals surface area contributed by atoms with Crippen molar-refractivity contribution >= 4 is 5.91 Å². The van der Waals surface area contributed by atoms with Gasteiger partial charge in [-0.3, -0.25) is 9.89 Å². The average Bonchev–Trinajstić information content (AvgIpc) is 2.55. The largest absolute Gasteiger partial charge is 0.349 e. The second-order valence-electron chi connectivity index (χ2n) is 5.95. The van der Waals surface area contributed by atoms with Gasteiger partial charge >= 0.3 is 0 Å². The van der Waals surface area contributed by atoms with E-state index in [4.69, 9.17) is 0 Å². The molecule has 1 fully saturated rings. The zero-order valence-electron chi connectivity index (χ0n) is 11.1. The molecule has 0 saturated heterocycles. The first kappa shape index (κ1) is 12.1. The van der Waals surface area contributed by atoms with Crippen LogP contribution < -0.4 is 5.32 Å². The Hall–Kier alpha value is -1.39. The van der Waals surface area contributed by atoms with Crippen LogP contribution in [0.25, 0.3) is 0 Å². The Morgan fingerprint density at radius 2 is 1.94 bits per heavy atom. The van der Waals surface area contributed by atoms with Crippen LogP contribution in [0.5, 0.6) is 0 Å². The van der Waals surface area contributed by atoms with Crippen molar-refractivity contribution in [3.63, 3.8) is 0 Å². The van der Waals surface area contributed by atoms with E-state index in [9.17, 15) is 4.79 Å². The number of carbonyl (C=O) groups is 1. The molecule has 0 unspecified atom stereocenters. The third-order valence-corrected chi connectivity index (χ3v) is 4.59. The highest BCUT2D eigenvalue weighted by Crippen LogP contribution is 2.67. The summed E-state index contributed by atoms with van der Waals surface area (Å²) in [5, 5.41) is 9.40. The number of aromatic amines is 1. The Balaban J connectivity index is 1.91. The lowest BCUT2D eigenvalue weighted by Crippen LogP contribution is -2.28. The lowest BCUT2D eigenvalue weighted by Gasteiger charge is -2.04. The van der Waals surface area contributed by atoms with E-state index >= 15 is 0 Å². The van der Waals surface area contributed by atoms with E-state index in [2.05, 4.69) is 48.2 Å². The van der Waals surface area contributed by atoms with E-state index in [0.29, 0.717) is 18.3 Å². The van der Waals surface area contributed by atoms with E-state index in [1.54, 1.807) is 6.92 Å². The number of carbonyl (C=O) groups excluding carboxylic acids is 1. The Morgan fingerprint density at radius 1 is 1.35 bits per heavy atom. The number of aryl methyl sites for hydroxylation is 1. The molecule has 1 saturated carbocycles. The molecule has 1 aliphatic rings. The second-order valence-corrected chi connectivity index (χ2v) is 5.95. The second kappa shape index (κ2) is 3.55. The molecule has 0 aliphatic heterocycles. The maximum absolute atomic E-state index is 11.8. The van der Waals surface area contributed by atoms with Gasteiger partial charge in [0.05, 0.1) is 0 Å².